The summed E-state index contributed by atoms with van der Waals surface area (Å²) in [4.78, 5) is 15.3. The summed E-state index contributed by atoms with van der Waals surface area (Å²) in [7, 11) is 0. The van der Waals surface area contributed by atoms with Crippen LogP contribution in [-0.2, 0) is 0 Å². The molecule has 0 spiro atoms. The molecule has 0 atom stereocenters. The minimum Gasteiger partial charge on any atom is -0.399 e. The number of para-hydroxylation sites is 1. The Morgan fingerprint density at radius 1 is 1.10 bits per heavy atom. The maximum atomic E-state index is 12.2. The Morgan fingerprint density at radius 2 is 1.85 bits per heavy atom. The Hall–Kier alpha value is -2.46. The second kappa shape index (κ2) is 5.67. The Morgan fingerprint density at radius 3 is 2.60 bits per heavy atom. The molecule has 3 rings (SSSR count). The lowest BCUT2D eigenvalue weighted by atomic mass is 10.1. The first-order valence-electron chi connectivity index (χ1n) is 5.97. The molecule has 20 heavy (non-hydrogen) atoms. The van der Waals surface area contributed by atoms with Crippen molar-refractivity contribution in [3.05, 3.63) is 60.3 Å². The number of H-pyrrole nitrogens is 1. The third kappa shape index (κ3) is 2.60. The summed E-state index contributed by atoms with van der Waals surface area (Å²) in [6, 6.07) is 14.8. The standard InChI is InChI=1S/C15H13N3O.ClH/c16-10-6-7-12-13(9-17-14(12)8-10)15(19)18-11-4-2-1-3-5-11;/h1-9,17H,16H2,(H,18,19);1H. The lowest BCUT2D eigenvalue weighted by molar-refractivity contribution is 0.102. The predicted octanol–water partition coefficient (Wildman–Crippen LogP) is 3.42. The number of nitrogens with two attached hydrogens (primary N) is 1. The molecule has 0 aliphatic rings. The molecule has 1 aromatic heterocycles. The van der Waals surface area contributed by atoms with E-state index in [1.54, 1.807) is 12.3 Å². The van der Waals surface area contributed by atoms with Crippen LogP contribution >= 0.6 is 12.4 Å². The minimum atomic E-state index is -0.137. The lowest BCUT2D eigenvalue weighted by Gasteiger charge is -2.03. The molecule has 102 valence electrons. The van der Waals surface area contributed by atoms with Gasteiger partial charge in [0.05, 0.1) is 5.56 Å². The van der Waals surface area contributed by atoms with Gasteiger partial charge in [-0.25, -0.2) is 0 Å². The number of hydrogen-bond donors (Lipinski definition) is 3. The van der Waals surface area contributed by atoms with E-state index in [-0.39, 0.29) is 18.3 Å². The largest absolute Gasteiger partial charge is 0.399 e. The molecule has 0 unspecified atom stereocenters. The van der Waals surface area contributed by atoms with Gasteiger partial charge in [0, 0.05) is 28.5 Å². The number of aromatic amines is 1. The van der Waals surface area contributed by atoms with Crippen molar-refractivity contribution in [1.82, 2.24) is 4.98 Å². The summed E-state index contributed by atoms with van der Waals surface area (Å²) < 4.78 is 0. The number of benzene rings is 2. The van der Waals surface area contributed by atoms with Crippen molar-refractivity contribution in [3.63, 3.8) is 0 Å². The van der Waals surface area contributed by atoms with Crippen molar-refractivity contribution < 1.29 is 4.79 Å². The molecule has 0 aliphatic heterocycles. The predicted molar refractivity (Wildman–Crippen MR) is 84.4 cm³/mol. The van der Waals surface area contributed by atoms with Crippen molar-refractivity contribution in [1.29, 1.82) is 0 Å². The number of aromatic nitrogens is 1. The van der Waals surface area contributed by atoms with Crippen LogP contribution in [0.3, 0.4) is 0 Å². The number of halogens is 1. The van der Waals surface area contributed by atoms with E-state index in [0.29, 0.717) is 11.3 Å². The first-order chi connectivity index (χ1) is 9.24. The molecule has 5 heteroatoms. The van der Waals surface area contributed by atoms with E-state index in [1.165, 1.54) is 0 Å². The van der Waals surface area contributed by atoms with Crippen LogP contribution < -0.4 is 11.1 Å². The number of hydrogen-bond acceptors (Lipinski definition) is 2. The highest BCUT2D eigenvalue weighted by Gasteiger charge is 2.11. The number of carbonyl (C=O) groups is 1. The van der Waals surface area contributed by atoms with E-state index in [9.17, 15) is 4.79 Å². The van der Waals surface area contributed by atoms with Gasteiger partial charge in [-0.1, -0.05) is 18.2 Å². The van der Waals surface area contributed by atoms with Crippen LogP contribution in [0.25, 0.3) is 10.9 Å². The van der Waals surface area contributed by atoms with E-state index >= 15 is 0 Å². The third-order valence-corrected chi connectivity index (χ3v) is 2.98. The molecule has 0 saturated heterocycles. The fourth-order valence-corrected chi connectivity index (χ4v) is 2.05. The molecule has 3 aromatic rings. The van der Waals surface area contributed by atoms with Crippen LogP contribution in [0.4, 0.5) is 11.4 Å². The molecule has 1 amide bonds. The van der Waals surface area contributed by atoms with E-state index in [0.717, 1.165) is 16.6 Å². The number of nitrogen functional groups attached to an aromatic ring is 1. The van der Waals surface area contributed by atoms with Crippen LogP contribution in [0.2, 0.25) is 0 Å². The normalized spacial score (nSPS) is 10.0. The SMILES string of the molecule is Cl.Nc1ccc2c(C(=O)Nc3ccccc3)c[nH]c2c1. The molecule has 0 fully saturated rings. The number of fused-ring (bicyclic) bond motifs is 1. The molecule has 4 nitrogen and oxygen atoms in total. The van der Waals surface area contributed by atoms with E-state index in [4.69, 9.17) is 5.73 Å². The van der Waals surface area contributed by atoms with Gasteiger partial charge in [0.1, 0.15) is 0 Å². The van der Waals surface area contributed by atoms with Crippen molar-refractivity contribution in [2.75, 3.05) is 11.1 Å². The van der Waals surface area contributed by atoms with Crippen LogP contribution in [0, 0.1) is 0 Å². The van der Waals surface area contributed by atoms with Crippen molar-refractivity contribution in [2.45, 2.75) is 0 Å². The zero-order valence-electron chi connectivity index (χ0n) is 10.6. The molecule has 0 radical (unpaired) electrons. The van der Waals surface area contributed by atoms with Crippen LogP contribution in [0.5, 0.6) is 0 Å². The van der Waals surface area contributed by atoms with Gasteiger partial charge in [0.25, 0.3) is 5.91 Å². The van der Waals surface area contributed by atoms with Gasteiger partial charge >= 0.3 is 0 Å². The van der Waals surface area contributed by atoms with Crippen molar-refractivity contribution in [3.8, 4) is 0 Å². The highest BCUT2D eigenvalue weighted by molar-refractivity contribution is 6.13. The number of nitrogens with one attached hydrogen (secondary N) is 2. The number of anilines is 2. The van der Waals surface area contributed by atoms with Crippen LogP contribution in [-0.4, -0.2) is 10.9 Å². The Bertz CT molecular complexity index is 737. The molecule has 0 bridgehead atoms. The van der Waals surface area contributed by atoms with Gasteiger partial charge < -0.3 is 16.0 Å². The fraction of sp³-hybridized carbons (Fsp3) is 0. The Kier molecular flexibility index (Phi) is 3.96. The van der Waals surface area contributed by atoms with E-state index < -0.39 is 0 Å². The summed E-state index contributed by atoms with van der Waals surface area (Å²) in [6.45, 7) is 0. The molecule has 4 N–H and O–H groups in total. The molecular formula is C15H14ClN3O. The average molecular weight is 288 g/mol. The van der Waals surface area contributed by atoms with Crippen LogP contribution in [0.1, 0.15) is 10.4 Å². The second-order valence-electron chi connectivity index (χ2n) is 4.33. The highest BCUT2D eigenvalue weighted by atomic mass is 35.5. The first-order valence-corrected chi connectivity index (χ1v) is 5.97. The fourth-order valence-electron chi connectivity index (χ4n) is 2.05. The van der Waals surface area contributed by atoms with Gasteiger partial charge in [-0.3, -0.25) is 4.79 Å². The summed E-state index contributed by atoms with van der Waals surface area (Å²) in [6.07, 6.45) is 1.70. The maximum absolute atomic E-state index is 12.2. The lowest BCUT2D eigenvalue weighted by Crippen LogP contribution is -2.11. The average Bonchev–Trinajstić information content (AvgIpc) is 2.82. The van der Waals surface area contributed by atoms with Crippen molar-refractivity contribution in [2.24, 2.45) is 0 Å². The number of amides is 1. The summed E-state index contributed by atoms with van der Waals surface area (Å²) in [5.74, 6) is -0.137. The molecule has 1 heterocycles. The van der Waals surface area contributed by atoms with Gasteiger partial charge in [0.15, 0.2) is 0 Å². The summed E-state index contributed by atoms with van der Waals surface area (Å²) >= 11 is 0. The highest BCUT2D eigenvalue weighted by Crippen LogP contribution is 2.21. The van der Waals surface area contributed by atoms with Gasteiger partial charge in [-0.15, -0.1) is 12.4 Å². The Balaban J connectivity index is 0.00000147. The summed E-state index contributed by atoms with van der Waals surface area (Å²) in [5.41, 5.74) is 8.63. The smallest absolute Gasteiger partial charge is 0.257 e. The molecule has 2 aromatic carbocycles. The molecular weight excluding hydrogens is 274 g/mol. The maximum Gasteiger partial charge on any atom is 0.257 e. The topological polar surface area (TPSA) is 70.9 Å². The molecule has 0 aliphatic carbocycles. The molecule has 0 saturated carbocycles. The summed E-state index contributed by atoms with van der Waals surface area (Å²) in [5, 5.41) is 3.72. The van der Waals surface area contributed by atoms with Crippen LogP contribution in [0.15, 0.2) is 54.7 Å². The van der Waals surface area contributed by atoms with Crippen molar-refractivity contribution >= 4 is 40.6 Å². The number of rotatable bonds is 2. The zero-order valence-corrected chi connectivity index (χ0v) is 11.4. The third-order valence-electron chi connectivity index (χ3n) is 2.98. The minimum absolute atomic E-state index is 0. The second-order valence-corrected chi connectivity index (χ2v) is 4.33. The Labute approximate surface area is 122 Å². The number of carbonyl (C=O) groups excluding carboxylic acids is 1. The quantitative estimate of drug-likeness (QED) is 0.632. The van der Waals surface area contributed by atoms with E-state index in [1.807, 2.05) is 42.5 Å². The first kappa shape index (κ1) is 14.0. The van der Waals surface area contributed by atoms with Gasteiger partial charge in [0.2, 0.25) is 0 Å². The van der Waals surface area contributed by atoms with Gasteiger partial charge in [-0.05, 0) is 30.3 Å². The zero-order chi connectivity index (χ0) is 13.2. The van der Waals surface area contributed by atoms with Gasteiger partial charge in [-0.2, -0.15) is 0 Å². The van der Waals surface area contributed by atoms with E-state index in [2.05, 4.69) is 10.3 Å². The monoisotopic (exact) mass is 287 g/mol.